The van der Waals surface area contributed by atoms with Crippen molar-refractivity contribution in [2.24, 2.45) is 11.8 Å². The molecule has 1 aromatic rings. The summed E-state index contributed by atoms with van der Waals surface area (Å²) in [5.74, 6) is 0.948. The van der Waals surface area contributed by atoms with Gasteiger partial charge in [0.05, 0.1) is 0 Å². The molecule has 0 radical (unpaired) electrons. The molecule has 3 fully saturated rings. The van der Waals surface area contributed by atoms with Crippen molar-refractivity contribution >= 4 is 0 Å². The maximum absolute atomic E-state index is 9.26. The van der Waals surface area contributed by atoms with Crippen LogP contribution in [0.3, 0.4) is 0 Å². The minimum absolute atomic E-state index is 0.269. The van der Waals surface area contributed by atoms with Gasteiger partial charge in [0.15, 0.2) is 0 Å². The van der Waals surface area contributed by atoms with Crippen LogP contribution in [0.2, 0.25) is 0 Å². The van der Waals surface area contributed by atoms with E-state index >= 15 is 0 Å². The molecule has 2 unspecified atom stereocenters. The van der Waals surface area contributed by atoms with E-state index in [1.54, 1.807) is 6.20 Å². The summed E-state index contributed by atoms with van der Waals surface area (Å²) < 4.78 is 11.8. The number of likely N-dealkylation sites (tertiary alicyclic amines) is 1. The lowest BCUT2D eigenvalue weighted by Crippen LogP contribution is -2.61. The summed E-state index contributed by atoms with van der Waals surface area (Å²) in [6, 6.07) is 6.83. The number of pyridine rings is 1. The molecule has 2 bridgehead atoms. The van der Waals surface area contributed by atoms with Crippen LogP contribution in [0.1, 0.15) is 43.4 Å². The highest BCUT2D eigenvalue weighted by Gasteiger charge is 2.54. The summed E-state index contributed by atoms with van der Waals surface area (Å²) in [5, 5.41) is 9.26. The minimum atomic E-state index is -0.269. The molecule has 0 amide bonds. The van der Waals surface area contributed by atoms with E-state index in [-0.39, 0.29) is 5.60 Å². The Kier molecular flexibility index (Phi) is 4.77. The van der Waals surface area contributed by atoms with E-state index in [0.29, 0.717) is 23.6 Å². The monoisotopic (exact) mass is 341 g/mol. The second-order valence-corrected chi connectivity index (χ2v) is 7.66. The highest BCUT2D eigenvalue weighted by atomic mass is 16.5. The predicted molar refractivity (Wildman–Crippen MR) is 93.9 cm³/mol. The van der Waals surface area contributed by atoms with Crippen molar-refractivity contribution in [2.45, 2.75) is 43.7 Å². The number of hydrogen-bond donors (Lipinski definition) is 0. The third kappa shape index (κ3) is 2.87. The molecular formula is C20H27N3O2. The molecule has 0 spiro atoms. The molecule has 2 aliphatic heterocycles. The van der Waals surface area contributed by atoms with Crippen LogP contribution in [-0.2, 0) is 15.1 Å². The molecule has 3 aliphatic rings. The Bertz CT molecular complexity index is 637. The molecule has 2 atom stereocenters. The van der Waals surface area contributed by atoms with Gasteiger partial charge in [-0.1, -0.05) is 6.42 Å². The summed E-state index contributed by atoms with van der Waals surface area (Å²) in [4.78, 5) is 6.85. The van der Waals surface area contributed by atoms with Crippen molar-refractivity contribution in [3.63, 3.8) is 0 Å². The molecule has 5 nitrogen and oxygen atoms in total. The van der Waals surface area contributed by atoms with Gasteiger partial charge in [-0.05, 0) is 43.4 Å². The van der Waals surface area contributed by atoms with Crippen LogP contribution >= 0.6 is 0 Å². The van der Waals surface area contributed by atoms with E-state index in [1.165, 1.54) is 19.3 Å². The number of piperidine rings is 1. The van der Waals surface area contributed by atoms with Gasteiger partial charge in [0.1, 0.15) is 17.4 Å². The minimum Gasteiger partial charge on any atom is -0.381 e. The molecule has 5 heteroatoms. The number of nitriles is 1. The van der Waals surface area contributed by atoms with E-state index < -0.39 is 0 Å². The van der Waals surface area contributed by atoms with E-state index in [9.17, 15) is 5.26 Å². The second kappa shape index (κ2) is 7.03. The molecule has 134 valence electrons. The average molecular weight is 341 g/mol. The van der Waals surface area contributed by atoms with Crippen LogP contribution in [0.25, 0.3) is 0 Å². The van der Waals surface area contributed by atoms with Crippen LogP contribution < -0.4 is 0 Å². The molecule has 1 aliphatic carbocycles. The van der Waals surface area contributed by atoms with Gasteiger partial charge in [-0.2, -0.15) is 5.26 Å². The number of rotatable bonds is 3. The Morgan fingerprint density at radius 3 is 2.60 bits per heavy atom. The topological polar surface area (TPSA) is 58.4 Å². The number of fused-ring (bicyclic) bond motifs is 2. The standard InChI is InChI=1S/C20H27N3O2/c1-24-20(15-5-8-22-18(11-15)12-21)16-3-2-4-17(20)14-23(13-16)19-6-9-25-10-7-19/h5,8,11,16-17,19H,2-4,6-7,9-10,13-14H2,1H3. The van der Waals surface area contributed by atoms with E-state index in [2.05, 4.69) is 22.0 Å². The number of hydrogen-bond acceptors (Lipinski definition) is 5. The van der Waals surface area contributed by atoms with Gasteiger partial charge >= 0.3 is 0 Å². The summed E-state index contributed by atoms with van der Waals surface area (Å²) in [6.45, 7) is 3.95. The lowest BCUT2D eigenvalue weighted by molar-refractivity contribution is -0.177. The van der Waals surface area contributed by atoms with Crippen LogP contribution in [-0.4, -0.2) is 49.3 Å². The zero-order valence-electron chi connectivity index (χ0n) is 15.0. The molecule has 3 heterocycles. The van der Waals surface area contributed by atoms with E-state index in [4.69, 9.17) is 9.47 Å². The van der Waals surface area contributed by atoms with Gasteiger partial charge in [-0.25, -0.2) is 4.98 Å². The normalized spacial score (nSPS) is 33.8. The summed E-state index contributed by atoms with van der Waals surface area (Å²) in [5.41, 5.74) is 1.36. The van der Waals surface area contributed by atoms with Crippen LogP contribution in [0.4, 0.5) is 0 Å². The number of aromatic nitrogens is 1. The molecule has 2 saturated heterocycles. The fourth-order valence-corrected chi connectivity index (χ4v) is 5.47. The lowest BCUT2D eigenvalue weighted by Gasteiger charge is -2.57. The molecule has 1 saturated carbocycles. The Hall–Kier alpha value is -1.48. The van der Waals surface area contributed by atoms with Crippen LogP contribution in [0, 0.1) is 23.2 Å². The summed E-state index contributed by atoms with van der Waals surface area (Å²) in [6.07, 6.45) is 7.70. The lowest BCUT2D eigenvalue weighted by atomic mass is 9.62. The zero-order chi connectivity index (χ0) is 17.3. The number of methoxy groups -OCH3 is 1. The van der Waals surface area contributed by atoms with Crippen molar-refractivity contribution in [3.8, 4) is 6.07 Å². The zero-order valence-corrected chi connectivity index (χ0v) is 15.0. The Labute approximate surface area is 149 Å². The molecular weight excluding hydrogens is 314 g/mol. The quantitative estimate of drug-likeness (QED) is 0.846. The van der Waals surface area contributed by atoms with Gasteiger partial charge in [0.2, 0.25) is 0 Å². The van der Waals surface area contributed by atoms with Crippen LogP contribution in [0.5, 0.6) is 0 Å². The van der Waals surface area contributed by atoms with Crippen molar-refractivity contribution < 1.29 is 9.47 Å². The fourth-order valence-electron chi connectivity index (χ4n) is 5.47. The van der Waals surface area contributed by atoms with Gasteiger partial charge < -0.3 is 9.47 Å². The van der Waals surface area contributed by atoms with Gasteiger partial charge in [-0.15, -0.1) is 0 Å². The van der Waals surface area contributed by atoms with Crippen LogP contribution in [0.15, 0.2) is 18.3 Å². The smallest absolute Gasteiger partial charge is 0.140 e. The maximum Gasteiger partial charge on any atom is 0.140 e. The number of nitrogens with zero attached hydrogens (tertiary/aromatic N) is 3. The number of ether oxygens (including phenoxy) is 2. The highest BCUT2D eigenvalue weighted by Crippen LogP contribution is 2.52. The van der Waals surface area contributed by atoms with Crippen molar-refractivity contribution in [1.29, 1.82) is 5.26 Å². The van der Waals surface area contributed by atoms with Gasteiger partial charge in [-0.3, -0.25) is 4.90 Å². The third-order valence-electron chi connectivity index (χ3n) is 6.60. The first-order chi connectivity index (χ1) is 12.3. The Morgan fingerprint density at radius 2 is 1.96 bits per heavy atom. The first kappa shape index (κ1) is 17.0. The SMILES string of the molecule is COC1(c2ccnc(C#N)c2)C2CCCC1CN(C1CCOCC1)C2. The maximum atomic E-state index is 9.26. The van der Waals surface area contributed by atoms with Gasteiger partial charge in [0.25, 0.3) is 0 Å². The third-order valence-corrected chi connectivity index (χ3v) is 6.60. The molecule has 0 aromatic carbocycles. The van der Waals surface area contributed by atoms with Crippen molar-refractivity contribution in [2.75, 3.05) is 33.4 Å². The largest absolute Gasteiger partial charge is 0.381 e. The highest BCUT2D eigenvalue weighted by molar-refractivity contribution is 5.32. The first-order valence-electron chi connectivity index (χ1n) is 9.51. The molecule has 25 heavy (non-hydrogen) atoms. The molecule has 0 N–H and O–H groups in total. The predicted octanol–water partition coefficient (Wildman–Crippen LogP) is 2.71. The van der Waals surface area contributed by atoms with Crippen molar-refractivity contribution in [1.82, 2.24) is 9.88 Å². The summed E-state index contributed by atoms with van der Waals surface area (Å²) >= 11 is 0. The van der Waals surface area contributed by atoms with Gasteiger partial charge in [0, 0.05) is 57.5 Å². The fraction of sp³-hybridized carbons (Fsp3) is 0.700. The molecule has 1 aromatic heterocycles. The Morgan fingerprint density at radius 1 is 1.24 bits per heavy atom. The molecule has 4 rings (SSSR count). The summed E-state index contributed by atoms with van der Waals surface area (Å²) in [7, 11) is 1.85. The van der Waals surface area contributed by atoms with E-state index in [1.807, 2.05) is 13.2 Å². The second-order valence-electron chi connectivity index (χ2n) is 7.66. The first-order valence-corrected chi connectivity index (χ1v) is 9.51. The van der Waals surface area contributed by atoms with Crippen molar-refractivity contribution in [3.05, 3.63) is 29.6 Å². The average Bonchev–Trinajstić information content (AvgIpc) is 2.67. The van der Waals surface area contributed by atoms with E-state index in [0.717, 1.165) is 44.7 Å². The Balaban J connectivity index is 1.65.